The molecule has 0 aromatic carbocycles. The van der Waals surface area contributed by atoms with Crippen LogP contribution in [0, 0.1) is 0 Å². The van der Waals surface area contributed by atoms with Gasteiger partial charge in [0.2, 0.25) is 0 Å². The summed E-state index contributed by atoms with van der Waals surface area (Å²) in [5, 5.41) is 15.2. The Balaban J connectivity index is -0.000000376. The van der Waals surface area contributed by atoms with Gasteiger partial charge in [0.15, 0.2) is 6.61 Å². The van der Waals surface area contributed by atoms with Gasteiger partial charge >= 0.3 is 5.97 Å². The first-order valence-electron chi connectivity index (χ1n) is 4.84. The number of aliphatic carboxylic acids is 1. The largest absolute Gasteiger partial charge is 0.483 e. The molecule has 0 heterocycles. The first-order valence-corrected chi connectivity index (χ1v) is 4.84. The van der Waals surface area contributed by atoms with Crippen molar-refractivity contribution in [3.63, 3.8) is 0 Å². The Bertz CT molecular complexity index is 229. The topological polar surface area (TPSA) is 66.8 Å². The van der Waals surface area contributed by atoms with Gasteiger partial charge in [-0.15, -0.1) is 0 Å². The summed E-state index contributed by atoms with van der Waals surface area (Å²) in [7, 11) is 1.00. The maximum atomic E-state index is 10.0. The molecule has 0 amide bonds. The smallest absolute Gasteiger partial charge is 0.341 e. The van der Waals surface area contributed by atoms with Crippen molar-refractivity contribution in [3.8, 4) is 0 Å². The van der Waals surface area contributed by atoms with Gasteiger partial charge in [-0.25, -0.2) is 4.79 Å². The fraction of sp³-hybridized carbons (Fsp3) is 0.417. The highest BCUT2D eigenvalue weighted by atomic mass is 16.5. The number of allylic oxidation sites excluding steroid dienone is 3. The maximum absolute atomic E-state index is 10.0. The van der Waals surface area contributed by atoms with Crippen molar-refractivity contribution in [2.24, 2.45) is 0 Å². The van der Waals surface area contributed by atoms with Crippen molar-refractivity contribution < 1.29 is 19.7 Å². The van der Waals surface area contributed by atoms with Crippen molar-refractivity contribution in [3.05, 3.63) is 36.6 Å². The molecule has 0 aliphatic heterocycles. The van der Waals surface area contributed by atoms with Crippen molar-refractivity contribution >= 4 is 5.97 Å². The van der Waals surface area contributed by atoms with Crippen LogP contribution in [0.3, 0.4) is 0 Å². The van der Waals surface area contributed by atoms with E-state index in [9.17, 15) is 4.79 Å². The van der Waals surface area contributed by atoms with E-state index in [0.29, 0.717) is 5.76 Å². The number of hydrogen-bond acceptors (Lipinski definition) is 3. The summed E-state index contributed by atoms with van der Waals surface area (Å²) in [4.78, 5) is 10.0. The molecule has 0 aromatic rings. The number of aliphatic hydroxyl groups is 1. The Labute approximate surface area is 97.6 Å². The van der Waals surface area contributed by atoms with Gasteiger partial charge in [-0.05, 0) is 13.0 Å². The molecule has 0 aliphatic carbocycles. The van der Waals surface area contributed by atoms with E-state index in [-0.39, 0.29) is 6.61 Å². The van der Waals surface area contributed by atoms with Crippen molar-refractivity contribution in [2.75, 3.05) is 13.7 Å². The molecule has 0 fully saturated rings. The van der Waals surface area contributed by atoms with Crippen molar-refractivity contribution in [1.29, 1.82) is 0 Å². The molecule has 2 N–H and O–H groups in total. The minimum Gasteiger partial charge on any atom is -0.483 e. The summed E-state index contributed by atoms with van der Waals surface area (Å²) in [6.45, 7) is 12.6. The van der Waals surface area contributed by atoms with Crippen LogP contribution < -0.4 is 0 Å². The average Bonchev–Trinajstić information content (AvgIpc) is 2.29. The third-order valence-electron chi connectivity index (χ3n) is 0.935. The molecular weight excluding hydrogens is 208 g/mol. The number of carboxylic acid groups (broad SMARTS) is 1. The second kappa shape index (κ2) is 15.9. The minimum atomic E-state index is -1.01. The number of rotatable bonds is 5. The number of carbonyl (C=O) groups is 1. The molecule has 0 aliphatic rings. The summed E-state index contributed by atoms with van der Waals surface area (Å²) in [6.07, 6.45) is 3.27. The van der Waals surface area contributed by atoms with Crippen molar-refractivity contribution in [2.45, 2.75) is 20.8 Å². The highest BCUT2D eigenvalue weighted by Gasteiger charge is 1.95. The predicted octanol–water partition coefficient (Wildman–Crippen LogP) is 2.37. The molecule has 4 nitrogen and oxygen atoms in total. The normalized spacial score (nSPS) is 8.06. The van der Waals surface area contributed by atoms with Crippen LogP contribution in [0.15, 0.2) is 36.6 Å². The van der Waals surface area contributed by atoms with E-state index >= 15 is 0 Å². The maximum Gasteiger partial charge on any atom is 0.341 e. The highest BCUT2D eigenvalue weighted by Crippen LogP contribution is 1.98. The summed E-state index contributed by atoms with van der Waals surface area (Å²) >= 11 is 0. The molecule has 94 valence electrons. The standard InChI is InChI=1S/C9H12O3.C2H6.CH4O/c1-7(2)4-5-8(3)12-6-9(10)11;2*1-2/h4-5H,1,3,6H2,2H3,(H,10,11);1-2H3;2H,1H3/b5-4-;;. The first-order chi connectivity index (χ1) is 7.52. The number of carboxylic acids is 1. The van der Waals surface area contributed by atoms with Crippen LogP contribution in [-0.2, 0) is 9.53 Å². The first kappa shape index (κ1) is 19.9. The third-order valence-corrected chi connectivity index (χ3v) is 0.935. The van der Waals surface area contributed by atoms with E-state index in [1.807, 2.05) is 20.8 Å². The van der Waals surface area contributed by atoms with E-state index in [1.165, 1.54) is 0 Å². The molecule has 0 saturated carbocycles. The Morgan fingerprint density at radius 1 is 1.25 bits per heavy atom. The fourth-order valence-corrected chi connectivity index (χ4v) is 0.438. The van der Waals surface area contributed by atoms with Crippen LogP contribution in [0.4, 0.5) is 0 Å². The van der Waals surface area contributed by atoms with Gasteiger partial charge in [0, 0.05) is 7.11 Å². The summed E-state index contributed by atoms with van der Waals surface area (Å²) in [6, 6.07) is 0. The molecule has 0 rings (SSSR count). The average molecular weight is 230 g/mol. The van der Waals surface area contributed by atoms with Gasteiger partial charge < -0.3 is 14.9 Å². The zero-order valence-electron chi connectivity index (χ0n) is 10.5. The van der Waals surface area contributed by atoms with Gasteiger partial charge in [0.1, 0.15) is 5.76 Å². The SMILES string of the molecule is C=C(C)/C=C\C(=C)OCC(=O)O.CC.CO. The molecule has 0 atom stereocenters. The molecule has 0 saturated heterocycles. The molecule has 0 spiro atoms. The Morgan fingerprint density at radius 2 is 1.69 bits per heavy atom. The lowest BCUT2D eigenvalue weighted by Gasteiger charge is -2.00. The molecule has 16 heavy (non-hydrogen) atoms. The molecular formula is C12H22O4. The number of ether oxygens (including phenoxy) is 1. The molecule has 0 bridgehead atoms. The van der Waals surface area contributed by atoms with Crippen molar-refractivity contribution in [1.82, 2.24) is 0 Å². The van der Waals surface area contributed by atoms with Gasteiger partial charge in [0.05, 0.1) is 0 Å². The van der Waals surface area contributed by atoms with Crippen LogP contribution in [-0.4, -0.2) is 29.9 Å². The lowest BCUT2D eigenvalue weighted by Crippen LogP contribution is -2.05. The Kier molecular flexibility index (Phi) is 19.8. The van der Waals surface area contributed by atoms with Crippen LogP contribution in [0.5, 0.6) is 0 Å². The fourth-order valence-electron chi connectivity index (χ4n) is 0.438. The van der Waals surface area contributed by atoms with Gasteiger partial charge in [-0.1, -0.05) is 38.7 Å². The number of aliphatic hydroxyl groups excluding tert-OH is 1. The van der Waals surface area contributed by atoms with Gasteiger partial charge in [-0.3, -0.25) is 0 Å². The molecule has 0 radical (unpaired) electrons. The van der Waals surface area contributed by atoms with E-state index in [1.54, 1.807) is 12.2 Å². The van der Waals surface area contributed by atoms with Crippen LogP contribution in [0.1, 0.15) is 20.8 Å². The van der Waals surface area contributed by atoms with Crippen LogP contribution in [0.25, 0.3) is 0 Å². The summed E-state index contributed by atoms with van der Waals surface area (Å²) in [5.41, 5.74) is 0.857. The van der Waals surface area contributed by atoms with E-state index in [4.69, 9.17) is 14.9 Å². The molecule has 0 aromatic heterocycles. The van der Waals surface area contributed by atoms with Gasteiger partial charge in [0.25, 0.3) is 0 Å². The molecule has 4 heteroatoms. The zero-order chi connectivity index (χ0) is 13.6. The Morgan fingerprint density at radius 3 is 2.00 bits per heavy atom. The van der Waals surface area contributed by atoms with Crippen LogP contribution in [0.2, 0.25) is 0 Å². The van der Waals surface area contributed by atoms with E-state index in [2.05, 4.69) is 13.2 Å². The van der Waals surface area contributed by atoms with E-state index < -0.39 is 5.97 Å². The second-order valence-electron chi connectivity index (χ2n) is 2.33. The summed E-state index contributed by atoms with van der Waals surface area (Å²) < 4.78 is 4.73. The second-order valence-corrected chi connectivity index (χ2v) is 2.33. The lowest BCUT2D eigenvalue weighted by atomic mass is 10.3. The predicted molar refractivity (Wildman–Crippen MR) is 66.2 cm³/mol. The lowest BCUT2D eigenvalue weighted by molar-refractivity contribution is -0.140. The number of hydrogen-bond donors (Lipinski definition) is 2. The monoisotopic (exact) mass is 230 g/mol. The minimum absolute atomic E-state index is 0.320. The summed E-state index contributed by atoms with van der Waals surface area (Å²) in [5.74, 6) is -0.694. The van der Waals surface area contributed by atoms with Crippen LogP contribution >= 0.6 is 0 Å². The molecule has 0 unspecified atom stereocenters. The zero-order valence-corrected chi connectivity index (χ0v) is 10.5. The van der Waals surface area contributed by atoms with Gasteiger partial charge in [-0.2, -0.15) is 0 Å². The third kappa shape index (κ3) is 22.9. The quantitative estimate of drug-likeness (QED) is 0.562. The highest BCUT2D eigenvalue weighted by molar-refractivity contribution is 5.68. The van der Waals surface area contributed by atoms with E-state index in [0.717, 1.165) is 12.7 Å². The Hall–Kier alpha value is -1.55.